The SMILES string of the molecule is Nc1nc(OCC2CCOCC2)nc2c1NC(=O)CN2Cc1ccc(C(F)(F)F)nc1. The molecule has 0 atom stereocenters. The van der Waals surface area contributed by atoms with Gasteiger partial charge in [-0.1, -0.05) is 6.07 Å². The lowest BCUT2D eigenvalue weighted by atomic mass is 10.0. The fourth-order valence-electron chi connectivity index (χ4n) is 3.43. The van der Waals surface area contributed by atoms with Crippen LogP contribution in [0.4, 0.5) is 30.5 Å². The van der Waals surface area contributed by atoms with E-state index < -0.39 is 11.9 Å². The highest BCUT2D eigenvalue weighted by atomic mass is 19.4. The van der Waals surface area contributed by atoms with E-state index in [-0.39, 0.29) is 36.5 Å². The first-order valence-corrected chi connectivity index (χ1v) is 9.74. The largest absolute Gasteiger partial charge is 0.463 e. The first-order chi connectivity index (χ1) is 14.8. The molecule has 4 heterocycles. The number of rotatable bonds is 5. The van der Waals surface area contributed by atoms with Crippen LogP contribution in [0.15, 0.2) is 18.3 Å². The summed E-state index contributed by atoms with van der Waals surface area (Å²) in [5.41, 5.74) is 5.75. The third-order valence-electron chi connectivity index (χ3n) is 5.07. The number of nitrogens with zero attached hydrogens (tertiary/aromatic N) is 4. The molecule has 2 aliphatic rings. The standard InChI is InChI=1S/C19H21F3N6O3/c20-19(21,22)13-2-1-12(7-24-13)8-28-9-14(29)25-15-16(23)26-18(27-17(15)28)31-10-11-3-5-30-6-4-11/h1-2,7,11H,3-6,8-10H2,(H,25,29)(H2,23,26,27). The van der Waals surface area contributed by atoms with Gasteiger partial charge in [-0.05, 0) is 30.4 Å². The molecule has 2 aromatic rings. The lowest BCUT2D eigenvalue weighted by Gasteiger charge is -2.30. The number of carbonyl (C=O) groups excluding carboxylic acids is 1. The van der Waals surface area contributed by atoms with Gasteiger partial charge >= 0.3 is 12.2 Å². The normalized spacial score (nSPS) is 17.3. The fraction of sp³-hybridized carbons (Fsp3) is 0.474. The minimum absolute atomic E-state index is 0.0515. The molecule has 0 bridgehead atoms. The van der Waals surface area contributed by atoms with Crippen molar-refractivity contribution in [3.63, 3.8) is 0 Å². The molecule has 1 saturated heterocycles. The molecular weight excluding hydrogens is 417 g/mol. The minimum atomic E-state index is -4.52. The predicted molar refractivity (Wildman–Crippen MR) is 104 cm³/mol. The average Bonchev–Trinajstić information content (AvgIpc) is 2.73. The van der Waals surface area contributed by atoms with Crippen molar-refractivity contribution < 1.29 is 27.4 Å². The number of amides is 1. The number of anilines is 3. The summed E-state index contributed by atoms with van der Waals surface area (Å²) < 4.78 is 49.3. The number of halogens is 3. The minimum Gasteiger partial charge on any atom is -0.463 e. The smallest absolute Gasteiger partial charge is 0.433 e. The molecule has 0 saturated carbocycles. The number of fused-ring (bicyclic) bond motifs is 1. The summed E-state index contributed by atoms with van der Waals surface area (Å²) in [4.78, 5) is 25.7. The van der Waals surface area contributed by atoms with E-state index in [1.807, 2.05) is 0 Å². The predicted octanol–water partition coefficient (Wildman–Crippen LogP) is 2.24. The number of aromatic nitrogens is 3. The quantitative estimate of drug-likeness (QED) is 0.730. The Morgan fingerprint density at radius 2 is 2.03 bits per heavy atom. The zero-order valence-electron chi connectivity index (χ0n) is 16.5. The molecule has 166 valence electrons. The highest BCUT2D eigenvalue weighted by Crippen LogP contribution is 2.34. The topological polar surface area (TPSA) is 115 Å². The first-order valence-electron chi connectivity index (χ1n) is 9.74. The van der Waals surface area contributed by atoms with Crippen molar-refractivity contribution in [2.24, 2.45) is 5.92 Å². The maximum atomic E-state index is 12.7. The van der Waals surface area contributed by atoms with Gasteiger partial charge in [0.1, 0.15) is 11.4 Å². The highest BCUT2D eigenvalue weighted by Gasteiger charge is 2.32. The summed E-state index contributed by atoms with van der Waals surface area (Å²) >= 11 is 0. The number of nitrogens with two attached hydrogens (primary N) is 1. The Bertz CT molecular complexity index is 948. The van der Waals surface area contributed by atoms with E-state index in [9.17, 15) is 18.0 Å². The van der Waals surface area contributed by atoms with Crippen molar-refractivity contribution in [1.29, 1.82) is 0 Å². The molecule has 31 heavy (non-hydrogen) atoms. The number of hydrogen-bond acceptors (Lipinski definition) is 8. The summed E-state index contributed by atoms with van der Waals surface area (Å²) in [6, 6.07) is 2.29. The second-order valence-corrected chi connectivity index (χ2v) is 7.41. The van der Waals surface area contributed by atoms with Crippen LogP contribution in [0.1, 0.15) is 24.1 Å². The van der Waals surface area contributed by atoms with Gasteiger partial charge in [-0.25, -0.2) is 0 Å². The number of alkyl halides is 3. The Morgan fingerprint density at radius 1 is 1.26 bits per heavy atom. The van der Waals surface area contributed by atoms with Gasteiger partial charge in [0.05, 0.1) is 13.2 Å². The molecule has 9 nitrogen and oxygen atoms in total. The molecule has 0 aromatic carbocycles. The first kappa shape index (κ1) is 21.1. The third-order valence-corrected chi connectivity index (χ3v) is 5.07. The van der Waals surface area contributed by atoms with E-state index in [0.717, 1.165) is 25.1 Å². The molecule has 1 amide bonds. The molecular formula is C19H21F3N6O3. The van der Waals surface area contributed by atoms with Crippen molar-refractivity contribution >= 4 is 23.2 Å². The number of hydrogen-bond donors (Lipinski definition) is 2. The van der Waals surface area contributed by atoms with Crippen LogP contribution >= 0.6 is 0 Å². The second kappa shape index (κ2) is 8.53. The van der Waals surface area contributed by atoms with Gasteiger partial charge in [-0.15, -0.1) is 0 Å². The Labute approximate surface area is 175 Å². The number of nitrogen functional groups attached to an aromatic ring is 1. The summed E-state index contributed by atoms with van der Waals surface area (Å²) in [6.07, 6.45) is -1.64. The number of carbonyl (C=O) groups is 1. The zero-order chi connectivity index (χ0) is 22.0. The molecule has 12 heteroatoms. The molecule has 1 fully saturated rings. The summed E-state index contributed by atoms with van der Waals surface area (Å²) in [7, 11) is 0. The van der Waals surface area contributed by atoms with E-state index in [1.54, 1.807) is 4.90 Å². The van der Waals surface area contributed by atoms with E-state index in [0.29, 0.717) is 37.1 Å². The Morgan fingerprint density at radius 3 is 2.71 bits per heavy atom. The number of pyridine rings is 1. The molecule has 2 aliphatic heterocycles. The molecule has 4 rings (SSSR count). The average molecular weight is 438 g/mol. The molecule has 0 radical (unpaired) electrons. The van der Waals surface area contributed by atoms with Crippen molar-refractivity contribution in [2.45, 2.75) is 25.6 Å². The Balaban J connectivity index is 1.53. The lowest BCUT2D eigenvalue weighted by Crippen LogP contribution is -2.39. The van der Waals surface area contributed by atoms with Gasteiger partial charge < -0.3 is 25.4 Å². The number of ether oxygens (including phenoxy) is 2. The molecule has 0 aliphatic carbocycles. The third kappa shape index (κ3) is 4.95. The van der Waals surface area contributed by atoms with Gasteiger partial charge in [0.2, 0.25) is 5.91 Å². The Kier molecular flexibility index (Phi) is 5.81. The van der Waals surface area contributed by atoms with Crippen LogP contribution in [0.2, 0.25) is 0 Å². The summed E-state index contributed by atoms with van der Waals surface area (Å²) in [5.74, 6) is 0.381. The fourth-order valence-corrected chi connectivity index (χ4v) is 3.43. The zero-order valence-corrected chi connectivity index (χ0v) is 16.5. The van der Waals surface area contributed by atoms with Crippen molar-refractivity contribution in [1.82, 2.24) is 15.0 Å². The van der Waals surface area contributed by atoms with Gasteiger partial charge in [0.15, 0.2) is 11.6 Å². The van der Waals surface area contributed by atoms with Crippen LogP contribution in [-0.2, 0) is 22.3 Å². The van der Waals surface area contributed by atoms with E-state index >= 15 is 0 Å². The van der Waals surface area contributed by atoms with Gasteiger partial charge in [0.25, 0.3) is 0 Å². The molecule has 0 unspecified atom stereocenters. The lowest BCUT2D eigenvalue weighted by molar-refractivity contribution is -0.141. The maximum absolute atomic E-state index is 12.7. The van der Waals surface area contributed by atoms with E-state index in [2.05, 4.69) is 20.3 Å². The van der Waals surface area contributed by atoms with Crippen LogP contribution < -0.4 is 20.7 Å². The van der Waals surface area contributed by atoms with Crippen LogP contribution in [0.5, 0.6) is 6.01 Å². The van der Waals surface area contributed by atoms with Gasteiger partial charge in [-0.2, -0.15) is 23.1 Å². The summed E-state index contributed by atoms with van der Waals surface area (Å²) in [6.45, 7) is 1.84. The second-order valence-electron chi connectivity index (χ2n) is 7.41. The summed E-state index contributed by atoms with van der Waals surface area (Å²) in [5, 5.41) is 2.64. The van der Waals surface area contributed by atoms with Crippen LogP contribution in [0.3, 0.4) is 0 Å². The van der Waals surface area contributed by atoms with Crippen LogP contribution in [0, 0.1) is 5.92 Å². The van der Waals surface area contributed by atoms with Crippen LogP contribution in [0.25, 0.3) is 0 Å². The number of nitrogens with one attached hydrogen (secondary N) is 1. The van der Waals surface area contributed by atoms with Crippen LogP contribution in [-0.4, -0.2) is 47.2 Å². The van der Waals surface area contributed by atoms with E-state index in [1.165, 1.54) is 6.07 Å². The van der Waals surface area contributed by atoms with Gasteiger partial charge in [-0.3, -0.25) is 9.78 Å². The maximum Gasteiger partial charge on any atom is 0.433 e. The molecule has 3 N–H and O–H groups in total. The van der Waals surface area contributed by atoms with Crippen molar-refractivity contribution in [2.75, 3.05) is 42.3 Å². The Hall–Kier alpha value is -3.15. The monoisotopic (exact) mass is 438 g/mol. The molecule has 2 aromatic heterocycles. The van der Waals surface area contributed by atoms with E-state index in [4.69, 9.17) is 15.2 Å². The highest BCUT2D eigenvalue weighted by molar-refractivity contribution is 6.03. The molecule has 0 spiro atoms. The van der Waals surface area contributed by atoms with Crippen molar-refractivity contribution in [3.05, 3.63) is 29.6 Å². The van der Waals surface area contributed by atoms with Gasteiger partial charge in [0, 0.05) is 26.0 Å². The van der Waals surface area contributed by atoms with Crippen molar-refractivity contribution in [3.8, 4) is 6.01 Å².